The van der Waals surface area contributed by atoms with Crippen molar-refractivity contribution in [3.63, 3.8) is 0 Å². The van der Waals surface area contributed by atoms with Crippen molar-refractivity contribution in [3.05, 3.63) is 35.7 Å². The Bertz CT molecular complexity index is 625. The fourth-order valence-electron chi connectivity index (χ4n) is 1.54. The van der Waals surface area contributed by atoms with Crippen LogP contribution in [0.3, 0.4) is 0 Å². The largest absolute Gasteiger partial charge is 0.497 e. The van der Waals surface area contributed by atoms with Gasteiger partial charge in [-0.3, -0.25) is 9.89 Å². The number of halogens is 1. The Morgan fingerprint density at radius 3 is 2.80 bits per heavy atom. The van der Waals surface area contributed by atoms with Crippen LogP contribution in [0.5, 0.6) is 5.75 Å². The molecule has 20 heavy (non-hydrogen) atoms. The number of carbonyl (C=O) groups is 1. The van der Waals surface area contributed by atoms with Gasteiger partial charge in [-0.2, -0.15) is 0 Å². The lowest BCUT2D eigenvalue weighted by molar-refractivity contribution is 0.101. The number of anilines is 1. The maximum Gasteiger partial charge on any atom is 0.295 e. The van der Waals surface area contributed by atoms with Crippen LogP contribution < -0.4 is 10.1 Å². The van der Waals surface area contributed by atoms with Crippen molar-refractivity contribution in [1.29, 1.82) is 0 Å². The Hall–Kier alpha value is -2.44. The van der Waals surface area contributed by atoms with E-state index in [1.807, 2.05) is 13.8 Å². The van der Waals surface area contributed by atoms with Crippen LogP contribution in [0.15, 0.2) is 18.2 Å². The topological polar surface area (TPSA) is 79.9 Å². The second kappa shape index (κ2) is 5.68. The first kappa shape index (κ1) is 14.0. The standard InChI is InChI=1S/C13H15FN4O2/c1-7(2)11-16-12(18-17-11)13(19)15-10-6-8(20-3)4-5-9(10)14/h4-7H,1-3H3,(H,15,19)(H,16,17,18). The van der Waals surface area contributed by atoms with Gasteiger partial charge in [0.15, 0.2) is 0 Å². The van der Waals surface area contributed by atoms with Crippen molar-refractivity contribution in [2.75, 3.05) is 12.4 Å². The van der Waals surface area contributed by atoms with Gasteiger partial charge in [-0.1, -0.05) is 13.8 Å². The third-order valence-electron chi connectivity index (χ3n) is 2.67. The molecule has 0 saturated heterocycles. The Labute approximate surface area is 115 Å². The van der Waals surface area contributed by atoms with Crippen LogP contribution in [-0.4, -0.2) is 28.2 Å². The van der Waals surface area contributed by atoms with E-state index in [1.54, 1.807) is 0 Å². The average Bonchev–Trinajstić information content (AvgIpc) is 2.91. The molecule has 1 aromatic heterocycles. The van der Waals surface area contributed by atoms with E-state index < -0.39 is 11.7 Å². The van der Waals surface area contributed by atoms with E-state index in [0.717, 1.165) is 0 Å². The number of nitrogens with one attached hydrogen (secondary N) is 2. The number of hydrogen-bond acceptors (Lipinski definition) is 4. The molecule has 0 saturated carbocycles. The fraction of sp³-hybridized carbons (Fsp3) is 0.308. The summed E-state index contributed by atoms with van der Waals surface area (Å²) in [6.07, 6.45) is 0. The minimum absolute atomic E-state index is 0.0187. The zero-order valence-electron chi connectivity index (χ0n) is 11.4. The molecule has 0 atom stereocenters. The summed E-state index contributed by atoms with van der Waals surface area (Å²) >= 11 is 0. The normalized spacial score (nSPS) is 10.7. The smallest absolute Gasteiger partial charge is 0.295 e. The van der Waals surface area contributed by atoms with E-state index in [-0.39, 0.29) is 17.4 Å². The summed E-state index contributed by atoms with van der Waals surface area (Å²) in [5, 5.41) is 8.89. The van der Waals surface area contributed by atoms with Gasteiger partial charge in [-0.05, 0) is 12.1 Å². The van der Waals surface area contributed by atoms with Gasteiger partial charge >= 0.3 is 0 Å². The molecule has 0 unspecified atom stereocenters. The zero-order chi connectivity index (χ0) is 14.7. The third-order valence-corrected chi connectivity index (χ3v) is 2.67. The molecule has 2 rings (SSSR count). The molecule has 7 heteroatoms. The SMILES string of the molecule is COc1ccc(F)c(NC(=O)c2n[nH]c(C(C)C)n2)c1. The quantitative estimate of drug-likeness (QED) is 0.899. The van der Waals surface area contributed by atoms with Gasteiger partial charge < -0.3 is 10.1 Å². The number of aromatic nitrogens is 3. The number of ether oxygens (including phenoxy) is 1. The van der Waals surface area contributed by atoms with Crippen molar-refractivity contribution in [3.8, 4) is 5.75 Å². The molecule has 2 N–H and O–H groups in total. The molecule has 0 aliphatic rings. The Morgan fingerprint density at radius 1 is 1.45 bits per heavy atom. The monoisotopic (exact) mass is 278 g/mol. The van der Waals surface area contributed by atoms with Gasteiger partial charge in [-0.15, -0.1) is 5.10 Å². The lowest BCUT2D eigenvalue weighted by Gasteiger charge is -2.06. The van der Waals surface area contributed by atoms with Crippen molar-refractivity contribution in [2.45, 2.75) is 19.8 Å². The lowest BCUT2D eigenvalue weighted by Crippen LogP contribution is -2.15. The lowest BCUT2D eigenvalue weighted by atomic mass is 10.2. The van der Waals surface area contributed by atoms with Crippen LogP contribution in [0.1, 0.15) is 36.2 Å². The molecular formula is C13H15FN4O2. The average molecular weight is 278 g/mol. The van der Waals surface area contributed by atoms with Crippen LogP contribution in [0, 0.1) is 5.82 Å². The molecule has 1 aromatic carbocycles. The molecule has 6 nitrogen and oxygen atoms in total. The van der Waals surface area contributed by atoms with E-state index >= 15 is 0 Å². The summed E-state index contributed by atoms with van der Waals surface area (Å²) in [6, 6.07) is 4.07. The predicted octanol–water partition coefficient (Wildman–Crippen LogP) is 2.33. The number of methoxy groups -OCH3 is 1. The summed E-state index contributed by atoms with van der Waals surface area (Å²) in [7, 11) is 1.46. The number of benzene rings is 1. The Morgan fingerprint density at radius 2 is 2.20 bits per heavy atom. The number of H-pyrrole nitrogens is 1. The summed E-state index contributed by atoms with van der Waals surface area (Å²) in [5.41, 5.74) is 0.0187. The van der Waals surface area contributed by atoms with Crippen LogP contribution in [0.2, 0.25) is 0 Å². The first-order chi connectivity index (χ1) is 9.51. The van der Waals surface area contributed by atoms with E-state index in [0.29, 0.717) is 11.6 Å². The number of hydrogen-bond donors (Lipinski definition) is 2. The summed E-state index contributed by atoms with van der Waals surface area (Å²) < 4.78 is 18.6. The molecule has 0 spiro atoms. The van der Waals surface area contributed by atoms with Gasteiger partial charge in [0.05, 0.1) is 12.8 Å². The zero-order valence-corrected chi connectivity index (χ0v) is 11.4. The highest BCUT2D eigenvalue weighted by atomic mass is 19.1. The summed E-state index contributed by atoms with van der Waals surface area (Å²) in [4.78, 5) is 16.0. The van der Waals surface area contributed by atoms with Gasteiger partial charge in [-0.25, -0.2) is 9.37 Å². The minimum Gasteiger partial charge on any atom is -0.497 e. The molecule has 1 heterocycles. The van der Waals surface area contributed by atoms with E-state index in [2.05, 4.69) is 20.5 Å². The minimum atomic E-state index is -0.583. The number of amides is 1. The van der Waals surface area contributed by atoms with Gasteiger partial charge in [0, 0.05) is 12.0 Å². The molecule has 1 amide bonds. The van der Waals surface area contributed by atoms with Crippen LogP contribution in [0.4, 0.5) is 10.1 Å². The molecule has 2 aromatic rings. The number of aromatic amines is 1. The van der Waals surface area contributed by atoms with Gasteiger partial charge in [0.25, 0.3) is 5.91 Å². The molecule has 106 valence electrons. The van der Waals surface area contributed by atoms with Crippen molar-refractivity contribution in [1.82, 2.24) is 15.2 Å². The van der Waals surface area contributed by atoms with Crippen LogP contribution in [-0.2, 0) is 0 Å². The summed E-state index contributed by atoms with van der Waals surface area (Å²) in [5.74, 6) is -0.00609. The Balaban J connectivity index is 2.18. The van der Waals surface area contributed by atoms with E-state index in [4.69, 9.17) is 4.74 Å². The van der Waals surface area contributed by atoms with Crippen molar-refractivity contribution >= 4 is 11.6 Å². The van der Waals surface area contributed by atoms with E-state index in [1.165, 1.54) is 25.3 Å². The molecule has 0 bridgehead atoms. The number of rotatable bonds is 4. The highest BCUT2D eigenvalue weighted by molar-refractivity contribution is 6.01. The summed E-state index contributed by atoms with van der Waals surface area (Å²) in [6.45, 7) is 3.84. The molecular weight excluding hydrogens is 263 g/mol. The van der Waals surface area contributed by atoms with E-state index in [9.17, 15) is 9.18 Å². The molecule has 0 fully saturated rings. The predicted molar refractivity (Wildman–Crippen MR) is 71.4 cm³/mol. The number of carbonyl (C=O) groups excluding carboxylic acids is 1. The molecule has 0 aliphatic heterocycles. The van der Waals surface area contributed by atoms with Crippen molar-refractivity contribution in [2.24, 2.45) is 0 Å². The number of nitrogens with zero attached hydrogens (tertiary/aromatic N) is 2. The Kier molecular flexibility index (Phi) is 3.97. The second-order valence-corrected chi connectivity index (χ2v) is 4.50. The highest BCUT2D eigenvalue weighted by Gasteiger charge is 2.16. The maximum atomic E-state index is 13.6. The van der Waals surface area contributed by atoms with Gasteiger partial charge in [0.2, 0.25) is 5.82 Å². The van der Waals surface area contributed by atoms with Crippen molar-refractivity contribution < 1.29 is 13.9 Å². The first-order valence-corrected chi connectivity index (χ1v) is 6.08. The first-order valence-electron chi connectivity index (χ1n) is 6.08. The third kappa shape index (κ3) is 2.93. The van der Waals surface area contributed by atoms with Gasteiger partial charge in [0.1, 0.15) is 17.4 Å². The molecule has 0 radical (unpaired) electrons. The van der Waals surface area contributed by atoms with Crippen LogP contribution >= 0.6 is 0 Å². The van der Waals surface area contributed by atoms with Crippen LogP contribution in [0.25, 0.3) is 0 Å². The molecule has 0 aliphatic carbocycles. The second-order valence-electron chi connectivity index (χ2n) is 4.50. The fourth-order valence-corrected chi connectivity index (χ4v) is 1.54. The maximum absolute atomic E-state index is 13.6. The highest BCUT2D eigenvalue weighted by Crippen LogP contribution is 2.21.